The number of hydrogen-bond donors (Lipinski definition) is 0. The first-order valence-electron chi connectivity index (χ1n) is 11.4. The Morgan fingerprint density at radius 3 is 2.15 bits per heavy atom. The van der Waals surface area contributed by atoms with Crippen molar-refractivity contribution in [1.82, 2.24) is 0 Å². The summed E-state index contributed by atoms with van der Waals surface area (Å²) in [7, 11) is 7.45. The van der Waals surface area contributed by atoms with Gasteiger partial charge in [-0.15, -0.1) is 0 Å². The average molecular weight is 452 g/mol. The Kier molecular flexibility index (Phi) is 5.45. The molecule has 1 atom stereocenters. The van der Waals surface area contributed by atoms with E-state index in [1.165, 1.54) is 0 Å². The number of benzene rings is 4. The van der Waals surface area contributed by atoms with Crippen LogP contribution in [0.15, 0.2) is 78.9 Å². The van der Waals surface area contributed by atoms with Gasteiger partial charge in [0.05, 0.1) is 14.2 Å². The third-order valence-electron chi connectivity index (χ3n) is 6.61. The quantitative estimate of drug-likeness (QED) is 0.343. The minimum absolute atomic E-state index is 0.731. The Morgan fingerprint density at radius 1 is 0.794 bits per heavy atom. The van der Waals surface area contributed by atoms with E-state index in [9.17, 15) is 0 Å². The SMILES string of the molecule is COc1cc(OC)c2cc(C)c3c(c2c1)OC(c1ccccc1)(c1ccc(N(C)C)cc1)C=C3. The highest BCUT2D eigenvalue weighted by Crippen LogP contribution is 2.48. The summed E-state index contributed by atoms with van der Waals surface area (Å²) in [6.45, 7) is 2.11. The van der Waals surface area contributed by atoms with E-state index in [0.717, 1.165) is 56.0 Å². The largest absolute Gasteiger partial charge is 0.497 e. The van der Waals surface area contributed by atoms with E-state index in [1.54, 1.807) is 14.2 Å². The molecule has 0 aliphatic carbocycles. The fraction of sp³-hybridized carbons (Fsp3) is 0.200. The predicted octanol–water partition coefficient (Wildman–Crippen LogP) is 6.58. The molecule has 5 rings (SSSR count). The zero-order valence-corrected chi connectivity index (χ0v) is 20.3. The minimum atomic E-state index is -0.768. The lowest BCUT2D eigenvalue weighted by molar-refractivity contribution is 0.163. The zero-order chi connectivity index (χ0) is 23.9. The monoisotopic (exact) mass is 451 g/mol. The van der Waals surface area contributed by atoms with Crippen LogP contribution >= 0.6 is 0 Å². The van der Waals surface area contributed by atoms with E-state index >= 15 is 0 Å². The Morgan fingerprint density at radius 2 is 1.50 bits per heavy atom. The van der Waals surface area contributed by atoms with Crippen molar-refractivity contribution >= 4 is 22.5 Å². The first-order chi connectivity index (χ1) is 16.5. The molecule has 4 aromatic carbocycles. The van der Waals surface area contributed by atoms with E-state index in [4.69, 9.17) is 14.2 Å². The van der Waals surface area contributed by atoms with Gasteiger partial charge < -0.3 is 19.1 Å². The van der Waals surface area contributed by atoms with Gasteiger partial charge >= 0.3 is 0 Å². The normalized spacial score (nSPS) is 16.6. The molecule has 0 aromatic heterocycles. The van der Waals surface area contributed by atoms with Gasteiger partial charge in [-0.1, -0.05) is 48.5 Å². The molecule has 0 radical (unpaired) electrons. The second-order valence-corrected chi connectivity index (χ2v) is 8.84. The van der Waals surface area contributed by atoms with Crippen LogP contribution in [-0.2, 0) is 5.60 Å². The number of rotatable bonds is 5. The summed E-state index contributed by atoms with van der Waals surface area (Å²) in [6.07, 6.45) is 4.36. The summed E-state index contributed by atoms with van der Waals surface area (Å²) in [5.41, 5.74) is 4.71. The maximum atomic E-state index is 7.07. The average Bonchev–Trinajstić information content (AvgIpc) is 2.88. The Bertz CT molecular complexity index is 1370. The predicted molar refractivity (Wildman–Crippen MR) is 139 cm³/mol. The van der Waals surface area contributed by atoms with Crippen LogP contribution in [0.1, 0.15) is 22.3 Å². The van der Waals surface area contributed by atoms with Gasteiger partial charge in [0.2, 0.25) is 0 Å². The molecule has 0 saturated heterocycles. The number of hydrogen-bond acceptors (Lipinski definition) is 4. The van der Waals surface area contributed by atoms with Gasteiger partial charge in [-0.3, -0.25) is 0 Å². The molecule has 4 heteroatoms. The smallest absolute Gasteiger partial charge is 0.178 e. The molecular formula is C30H29NO3. The van der Waals surface area contributed by atoms with Crippen molar-refractivity contribution in [1.29, 1.82) is 0 Å². The summed E-state index contributed by atoms with van der Waals surface area (Å²) < 4.78 is 18.4. The summed E-state index contributed by atoms with van der Waals surface area (Å²) in [6, 6.07) is 25.0. The van der Waals surface area contributed by atoms with Crippen LogP contribution in [0, 0.1) is 6.92 Å². The third-order valence-corrected chi connectivity index (χ3v) is 6.61. The number of anilines is 1. The number of fused-ring (bicyclic) bond motifs is 3. The lowest BCUT2D eigenvalue weighted by atomic mass is 9.82. The van der Waals surface area contributed by atoms with Gasteiger partial charge in [0.1, 0.15) is 17.2 Å². The molecule has 1 aliphatic heterocycles. The third kappa shape index (κ3) is 3.47. The highest BCUT2D eigenvalue weighted by molar-refractivity contribution is 5.98. The molecular weight excluding hydrogens is 422 g/mol. The van der Waals surface area contributed by atoms with Crippen LogP contribution in [0.3, 0.4) is 0 Å². The minimum Gasteiger partial charge on any atom is -0.497 e. The molecule has 1 aliphatic rings. The summed E-state index contributed by atoms with van der Waals surface area (Å²) in [5.74, 6) is 2.32. The summed E-state index contributed by atoms with van der Waals surface area (Å²) in [4.78, 5) is 2.10. The first-order valence-corrected chi connectivity index (χ1v) is 11.4. The van der Waals surface area contributed by atoms with Crippen LogP contribution in [0.2, 0.25) is 0 Å². The van der Waals surface area contributed by atoms with E-state index in [1.807, 2.05) is 32.3 Å². The van der Waals surface area contributed by atoms with Gasteiger partial charge in [-0.25, -0.2) is 0 Å². The van der Waals surface area contributed by atoms with Crippen molar-refractivity contribution in [2.45, 2.75) is 12.5 Å². The van der Waals surface area contributed by atoms with Crippen LogP contribution in [0.25, 0.3) is 16.8 Å². The number of methoxy groups -OCH3 is 2. The van der Waals surface area contributed by atoms with Crippen molar-refractivity contribution < 1.29 is 14.2 Å². The van der Waals surface area contributed by atoms with E-state index in [0.29, 0.717) is 0 Å². The molecule has 0 N–H and O–H groups in total. The van der Waals surface area contributed by atoms with Crippen molar-refractivity contribution in [3.05, 3.63) is 101 Å². The van der Waals surface area contributed by atoms with Gasteiger partial charge in [0, 0.05) is 53.3 Å². The molecule has 0 fully saturated rings. The van der Waals surface area contributed by atoms with Crippen molar-refractivity contribution in [3.8, 4) is 17.2 Å². The molecule has 4 aromatic rings. The van der Waals surface area contributed by atoms with Crippen LogP contribution < -0.4 is 19.1 Å². The van der Waals surface area contributed by atoms with Crippen molar-refractivity contribution in [2.24, 2.45) is 0 Å². The van der Waals surface area contributed by atoms with Crippen LogP contribution in [-0.4, -0.2) is 28.3 Å². The molecule has 1 unspecified atom stereocenters. The fourth-order valence-electron chi connectivity index (χ4n) is 4.73. The molecule has 0 saturated carbocycles. The summed E-state index contributed by atoms with van der Waals surface area (Å²) in [5, 5.41) is 1.96. The van der Waals surface area contributed by atoms with Gasteiger partial charge in [0.15, 0.2) is 5.60 Å². The number of ether oxygens (including phenoxy) is 3. The van der Waals surface area contributed by atoms with E-state index in [-0.39, 0.29) is 0 Å². The van der Waals surface area contributed by atoms with E-state index < -0.39 is 5.60 Å². The molecule has 0 amide bonds. The van der Waals surface area contributed by atoms with Crippen molar-refractivity contribution in [3.63, 3.8) is 0 Å². The fourth-order valence-corrected chi connectivity index (χ4v) is 4.73. The molecule has 0 bridgehead atoms. The van der Waals surface area contributed by atoms with Crippen LogP contribution in [0.4, 0.5) is 5.69 Å². The van der Waals surface area contributed by atoms with Crippen LogP contribution in [0.5, 0.6) is 17.2 Å². The van der Waals surface area contributed by atoms with E-state index in [2.05, 4.69) is 78.6 Å². The van der Waals surface area contributed by atoms with Gasteiger partial charge in [0.25, 0.3) is 0 Å². The Labute approximate surface area is 201 Å². The summed E-state index contributed by atoms with van der Waals surface area (Å²) >= 11 is 0. The van der Waals surface area contributed by atoms with Gasteiger partial charge in [-0.2, -0.15) is 0 Å². The zero-order valence-electron chi connectivity index (χ0n) is 20.3. The second-order valence-electron chi connectivity index (χ2n) is 8.84. The molecule has 0 spiro atoms. The standard InChI is InChI=1S/C30H29NO3/c1-20-17-26-27(18-24(32-4)19-28(26)33-5)29-25(20)15-16-30(34-29,21-9-7-6-8-10-21)22-11-13-23(14-12-22)31(2)3/h6-19H,1-5H3. The van der Waals surface area contributed by atoms with Crippen molar-refractivity contribution in [2.75, 3.05) is 33.2 Å². The second kappa shape index (κ2) is 8.45. The molecule has 1 heterocycles. The number of nitrogens with zero attached hydrogens (tertiary/aromatic N) is 1. The lowest BCUT2D eigenvalue weighted by Crippen LogP contribution is -2.34. The maximum absolute atomic E-state index is 7.07. The highest BCUT2D eigenvalue weighted by Gasteiger charge is 2.38. The Hall–Kier alpha value is -3.92. The Balaban J connectivity index is 1.78. The molecule has 172 valence electrons. The molecule has 34 heavy (non-hydrogen) atoms. The molecule has 4 nitrogen and oxygen atoms in total. The maximum Gasteiger partial charge on any atom is 0.178 e. The number of aryl methyl sites for hydroxylation is 1. The topological polar surface area (TPSA) is 30.9 Å². The highest BCUT2D eigenvalue weighted by atomic mass is 16.5. The first kappa shape index (κ1) is 21.9. The van der Waals surface area contributed by atoms with Gasteiger partial charge in [-0.05, 0) is 42.8 Å². The lowest BCUT2D eigenvalue weighted by Gasteiger charge is -2.37.